The summed E-state index contributed by atoms with van der Waals surface area (Å²) in [5, 5.41) is 6.44. The van der Waals surface area contributed by atoms with Gasteiger partial charge >= 0.3 is 25.1 Å². The Morgan fingerprint density at radius 3 is 1.05 bits per heavy atom. The molecule has 0 aromatic carbocycles. The fourth-order valence-electron chi connectivity index (χ4n) is 1.40. The van der Waals surface area contributed by atoms with Crippen molar-refractivity contribution < 1.29 is 30.3 Å². The third kappa shape index (κ3) is 10.5. The molecule has 0 spiro atoms. The second-order valence-corrected chi connectivity index (χ2v) is 7.40. The van der Waals surface area contributed by atoms with Gasteiger partial charge in [-0.3, -0.25) is 9.11 Å². The van der Waals surface area contributed by atoms with E-state index in [1.807, 2.05) is 0 Å². The van der Waals surface area contributed by atoms with Crippen LogP contribution in [-0.2, 0) is 20.2 Å². The number of halogens is 1. The van der Waals surface area contributed by atoms with Crippen LogP contribution in [0.2, 0.25) is 0 Å². The zero-order valence-electron chi connectivity index (χ0n) is 11.0. The second kappa shape index (κ2) is 9.58. The molecule has 20 heavy (non-hydrogen) atoms. The molecule has 0 bridgehead atoms. The highest BCUT2D eigenvalue weighted by Crippen LogP contribution is 2.06. The van der Waals surface area contributed by atoms with Gasteiger partial charge in [-0.2, -0.15) is 16.8 Å². The largest absolute Gasteiger partial charge is 0.348 e. The third-order valence-corrected chi connectivity index (χ3v) is 4.78. The predicted molar refractivity (Wildman–Crippen MR) is 72.2 cm³/mol. The topological polar surface area (TPSA) is 133 Å². The molecule has 0 atom stereocenters. The molecule has 2 aliphatic heterocycles. The Balaban J connectivity index is 0.000000298. The molecule has 4 N–H and O–H groups in total. The van der Waals surface area contributed by atoms with Crippen molar-refractivity contribution in [3.63, 3.8) is 0 Å². The van der Waals surface area contributed by atoms with E-state index >= 15 is 0 Å². The summed E-state index contributed by atoms with van der Waals surface area (Å²) in [4.78, 5) is -3.68. The van der Waals surface area contributed by atoms with Gasteiger partial charge in [-0.15, -0.1) is 0 Å². The molecule has 0 aliphatic carbocycles. The SMILES string of the molecule is C1CCNC1.C1CCNC1.O=S(=O)(O)C(F)S(=O)(=O)O. The van der Waals surface area contributed by atoms with E-state index in [2.05, 4.69) is 10.6 Å². The van der Waals surface area contributed by atoms with Crippen LogP contribution in [0.4, 0.5) is 4.39 Å². The van der Waals surface area contributed by atoms with Crippen LogP contribution in [0.5, 0.6) is 0 Å². The van der Waals surface area contributed by atoms with Crippen LogP contribution in [0.25, 0.3) is 0 Å². The van der Waals surface area contributed by atoms with E-state index in [1.54, 1.807) is 0 Å². The average molecular weight is 336 g/mol. The van der Waals surface area contributed by atoms with Gasteiger partial charge in [0.05, 0.1) is 0 Å². The molecule has 2 fully saturated rings. The molecule has 122 valence electrons. The molecule has 2 heterocycles. The minimum atomic E-state index is -5.37. The molecule has 8 nitrogen and oxygen atoms in total. The molecule has 0 aromatic rings. The number of alkyl halides is 1. The van der Waals surface area contributed by atoms with Gasteiger partial charge in [0.2, 0.25) is 0 Å². The highest BCUT2D eigenvalue weighted by molar-refractivity contribution is 8.03. The first-order chi connectivity index (χ1) is 9.15. The van der Waals surface area contributed by atoms with Crippen LogP contribution in [0, 0.1) is 0 Å². The maximum Gasteiger partial charge on any atom is 0.348 e. The van der Waals surface area contributed by atoms with Gasteiger partial charge in [0, 0.05) is 0 Å². The Morgan fingerprint density at radius 2 is 1.00 bits per heavy atom. The van der Waals surface area contributed by atoms with E-state index in [9.17, 15) is 21.2 Å². The average Bonchev–Trinajstić information content (AvgIpc) is 3.04. The lowest BCUT2D eigenvalue weighted by Crippen LogP contribution is -2.24. The first-order valence-electron chi connectivity index (χ1n) is 6.14. The third-order valence-electron chi connectivity index (χ3n) is 2.38. The van der Waals surface area contributed by atoms with Crippen LogP contribution < -0.4 is 10.6 Å². The van der Waals surface area contributed by atoms with Gasteiger partial charge in [0.15, 0.2) is 0 Å². The molecule has 2 rings (SSSR count). The zero-order valence-corrected chi connectivity index (χ0v) is 12.6. The van der Waals surface area contributed by atoms with Gasteiger partial charge in [0.1, 0.15) is 0 Å². The molecule has 0 aromatic heterocycles. The first kappa shape index (κ1) is 19.7. The molecular weight excluding hydrogens is 315 g/mol. The van der Waals surface area contributed by atoms with E-state index < -0.39 is 25.1 Å². The number of hydrogen-bond acceptors (Lipinski definition) is 6. The van der Waals surface area contributed by atoms with Crippen molar-refractivity contribution in [2.75, 3.05) is 26.2 Å². The van der Waals surface area contributed by atoms with Crippen molar-refractivity contribution in [1.82, 2.24) is 10.6 Å². The summed E-state index contributed by atoms with van der Waals surface area (Å²) in [6, 6.07) is 0. The zero-order chi connectivity index (χ0) is 15.6. The quantitative estimate of drug-likeness (QED) is 0.508. The summed E-state index contributed by atoms with van der Waals surface area (Å²) in [5.74, 6) is 0. The number of nitrogens with one attached hydrogen (secondary N) is 2. The smallest absolute Gasteiger partial charge is 0.317 e. The Kier molecular flexibility index (Phi) is 9.42. The molecule has 2 aliphatic rings. The van der Waals surface area contributed by atoms with Gasteiger partial charge in [-0.05, 0) is 51.9 Å². The van der Waals surface area contributed by atoms with Crippen molar-refractivity contribution in [3.8, 4) is 0 Å². The summed E-state index contributed by atoms with van der Waals surface area (Å²) in [5.41, 5.74) is 0. The second-order valence-electron chi connectivity index (χ2n) is 4.22. The first-order valence-corrected chi connectivity index (χ1v) is 9.14. The summed E-state index contributed by atoms with van der Waals surface area (Å²) >= 11 is 0. The van der Waals surface area contributed by atoms with Gasteiger partial charge in [-0.1, -0.05) is 0 Å². The Labute approximate surface area is 118 Å². The van der Waals surface area contributed by atoms with E-state index in [0.29, 0.717) is 0 Å². The van der Waals surface area contributed by atoms with Crippen LogP contribution >= 0.6 is 0 Å². The monoisotopic (exact) mass is 336 g/mol. The lowest BCUT2D eigenvalue weighted by atomic mass is 10.4. The molecule has 0 saturated carbocycles. The van der Waals surface area contributed by atoms with Crippen LogP contribution in [0.15, 0.2) is 0 Å². The van der Waals surface area contributed by atoms with Crippen LogP contribution in [0.1, 0.15) is 25.7 Å². The van der Waals surface area contributed by atoms with Gasteiger partial charge in [0.25, 0.3) is 0 Å². The fraction of sp³-hybridized carbons (Fsp3) is 1.00. The van der Waals surface area contributed by atoms with Crippen molar-refractivity contribution in [3.05, 3.63) is 0 Å². The Morgan fingerprint density at radius 1 is 0.750 bits per heavy atom. The van der Waals surface area contributed by atoms with Gasteiger partial charge in [-0.25, -0.2) is 4.39 Å². The highest BCUT2D eigenvalue weighted by Gasteiger charge is 2.34. The molecule has 0 amide bonds. The summed E-state index contributed by atoms with van der Waals surface area (Å²) in [7, 11) is -10.7. The fourth-order valence-corrected chi connectivity index (χ4v) is 2.63. The summed E-state index contributed by atoms with van der Waals surface area (Å²) in [6.07, 6.45) is 5.56. The van der Waals surface area contributed by atoms with Crippen molar-refractivity contribution >= 4 is 20.2 Å². The van der Waals surface area contributed by atoms with Crippen molar-refractivity contribution in [2.45, 2.75) is 30.5 Å². The van der Waals surface area contributed by atoms with Crippen molar-refractivity contribution in [1.29, 1.82) is 0 Å². The lowest BCUT2D eigenvalue weighted by molar-refractivity contribution is 0.391. The molecular formula is C9H21FN2O6S2. The molecule has 0 unspecified atom stereocenters. The highest BCUT2D eigenvalue weighted by atomic mass is 32.3. The minimum absolute atomic E-state index is 1.25. The molecule has 0 radical (unpaired) electrons. The molecule has 11 heteroatoms. The maximum atomic E-state index is 11.7. The lowest BCUT2D eigenvalue weighted by Gasteiger charge is -1.97. The summed E-state index contributed by atoms with van der Waals surface area (Å²) in [6.45, 7) is 5.00. The van der Waals surface area contributed by atoms with Crippen molar-refractivity contribution in [2.24, 2.45) is 0 Å². The van der Waals surface area contributed by atoms with Crippen LogP contribution in [-0.4, -0.2) is 57.0 Å². The Bertz CT molecular complexity index is 388. The van der Waals surface area contributed by atoms with E-state index in [4.69, 9.17) is 9.11 Å². The Hall–Kier alpha value is -0.330. The normalized spacial score (nSPS) is 19.0. The standard InChI is InChI=1S/2C4H9N.CH3FO6S2/c2*1-2-4-5-3-1;2-1(9(3,4)5)10(6,7)8/h2*5H,1-4H2;1H,(H,3,4,5)(H,6,7,8). The minimum Gasteiger partial charge on any atom is -0.317 e. The summed E-state index contributed by atoms with van der Waals surface area (Å²) < 4.78 is 65.6. The maximum absolute atomic E-state index is 11.7. The number of hydrogen-bond donors (Lipinski definition) is 4. The van der Waals surface area contributed by atoms with E-state index in [0.717, 1.165) is 0 Å². The number of rotatable bonds is 2. The predicted octanol–water partition coefficient (Wildman–Crippen LogP) is -0.245. The van der Waals surface area contributed by atoms with E-state index in [1.165, 1.54) is 51.9 Å². The van der Waals surface area contributed by atoms with E-state index in [-0.39, 0.29) is 0 Å². The van der Waals surface area contributed by atoms with Gasteiger partial charge < -0.3 is 10.6 Å². The molecule has 2 saturated heterocycles. The van der Waals surface area contributed by atoms with Crippen LogP contribution in [0.3, 0.4) is 0 Å².